The van der Waals surface area contributed by atoms with Gasteiger partial charge in [0.2, 0.25) is 0 Å². The van der Waals surface area contributed by atoms with Crippen molar-refractivity contribution in [3.63, 3.8) is 0 Å². The van der Waals surface area contributed by atoms with Crippen LogP contribution in [-0.2, 0) is 0 Å². The van der Waals surface area contributed by atoms with Gasteiger partial charge in [0.25, 0.3) is 5.91 Å². The van der Waals surface area contributed by atoms with Gasteiger partial charge in [0, 0.05) is 18.1 Å². The van der Waals surface area contributed by atoms with E-state index in [1.807, 2.05) is 4.90 Å². The lowest BCUT2D eigenvalue weighted by atomic mass is 9.89. The number of anilines is 1. The number of hydrogen-bond acceptors (Lipinski definition) is 3. The Morgan fingerprint density at radius 2 is 2.14 bits per heavy atom. The van der Waals surface area contributed by atoms with Gasteiger partial charge in [-0.25, -0.2) is 0 Å². The van der Waals surface area contributed by atoms with E-state index in [9.17, 15) is 4.79 Å². The standard InChI is InChI=1S/C16H24ClN3O/c1-11(2)12-4-3-8-20(9-7-12)16(21)14-10-13(17)5-6-15(14)19-18/h5-6,10-12,19H,3-4,7-9,18H2,1-2H3. The minimum Gasteiger partial charge on any atom is -0.339 e. The number of nitrogens with two attached hydrogens (primary N) is 1. The van der Waals surface area contributed by atoms with Gasteiger partial charge in [0.1, 0.15) is 0 Å². The minimum atomic E-state index is 0.00913. The summed E-state index contributed by atoms with van der Waals surface area (Å²) in [5.74, 6) is 6.88. The molecule has 1 aliphatic heterocycles. The van der Waals surface area contributed by atoms with E-state index < -0.39 is 0 Å². The topological polar surface area (TPSA) is 58.4 Å². The molecule has 1 aliphatic rings. The molecule has 1 saturated heterocycles. The maximum absolute atomic E-state index is 12.7. The van der Waals surface area contributed by atoms with E-state index in [-0.39, 0.29) is 5.91 Å². The molecule has 0 bridgehead atoms. The summed E-state index contributed by atoms with van der Waals surface area (Å²) in [6.45, 7) is 6.13. The largest absolute Gasteiger partial charge is 0.339 e. The molecule has 4 nitrogen and oxygen atoms in total. The summed E-state index contributed by atoms with van der Waals surface area (Å²) in [4.78, 5) is 14.7. The summed E-state index contributed by atoms with van der Waals surface area (Å²) in [7, 11) is 0. The van der Waals surface area contributed by atoms with Crippen LogP contribution in [0.15, 0.2) is 18.2 Å². The number of nitrogen functional groups attached to an aromatic ring is 1. The van der Waals surface area contributed by atoms with Gasteiger partial charge in [-0.15, -0.1) is 0 Å². The van der Waals surface area contributed by atoms with E-state index in [4.69, 9.17) is 17.4 Å². The van der Waals surface area contributed by atoms with Crippen LogP contribution < -0.4 is 11.3 Å². The molecule has 1 unspecified atom stereocenters. The van der Waals surface area contributed by atoms with Crippen LogP contribution in [0.4, 0.5) is 5.69 Å². The Bertz CT molecular complexity index is 504. The predicted octanol–water partition coefficient (Wildman–Crippen LogP) is 3.52. The normalized spacial score (nSPS) is 19.5. The smallest absolute Gasteiger partial charge is 0.256 e. The average molecular weight is 310 g/mol. The Morgan fingerprint density at radius 1 is 1.38 bits per heavy atom. The van der Waals surface area contributed by atoms with Crippen molar-refractivity contribution in [3.8, 4) is 0 Å². The molecule has 21 heavy (non-hydrogen) atoms. The Balaban J connectivity index is 2.15. The highest BCUT2D eigenvalue weighted by Gasteiger charge is 2.24. The molecule has 1 aromatic carbocycles. The zero-order valence-electron chi connectivity index (χ0n) is 12.7. The van der Waals surface area contributed by atoms with Gasteiger partial charge in [-0.05, 0) is 49.3 Å². The quantitative estimate of drug-likeness (QED) is 0.663. The van der Waals surface area contributed by atoms with Gasteiger partial charge in [-0.3, -0.25) is 10.6 Å². The van der Waals surface area contributed by atoms with E-state index in [0.29, 0.717) is 28.1 Å². The number of rotatable bonds is 3. The second-order valence-electron chi connectivity index (χ2n) is 6.06. The van der Waals surface area contributed by atoms with Crippen molar-refractivity contribution in [1.82, 2.24) is 4.90 Å². The van der Waals surface area contributed by atoms with Crippen molar-refractivity contribution in [2.75, 3.05) is 18.5 Å². The highest BCUT2D eigenvalue weighted by molar-refractivity contribution is 6.31. The number of nitrogens with zero attached hydrogens (tertiary/aromatic N) is 1. The Labute approximate surface area is 131 Å². The third-order valence-corrected chi connectivity index (χ3v) is 4.61. The number of nitrogens with one attached hydrogen (secondary N) is 1. The first-order chi connectivity index (χ1) is 10.0. The monoisotopic (exact) mass is 309 g/mol. The molecule has 1 aromatic rings. The van der Waals surface area contributed by atoms with Crippen molar-refractivity contribution >= 4 is 23.2 Å². The highest BCUT2D eigenvalue weighted by atomic mass is 35.5. The predicted molar refractivity (Wildman–Crippen MR) is 87.3 cm³/mol. The van der Waals surface area contributed by atoms with Gasteiger partial charge in [-0.2, -0.15) is 0 Å². The Hall–Kier alpha value is -1.26. The first-order valence-electron chi connectivity index (χ1n) is 7.58. The summed E-state index contributed by atoms with van der Waals surface area (Å²) in [6, 6.07) is 5.15. The maximum Gasteiger partial charge on any atom is 0.256 e. The number of hydrazine groups is 1. The third-order valence-electron chi connectivity index (χ3n) is 4.37. The number of amides is 1. The van der Waals surface area contributed by atoms with Crippen LogP contribution in [0.3, 0.4) is 0 Å². The zero-order valence-corrected chi connectivity index (χ0v) is 13.5. The van der Waals surface area contributed by atoms with E-state index in [0.717, 1.165) is 25.9 Å². The molecular formula is C16H24ClN3O. The summed E-state index contributed by atoms with van der Waals surface area (Å²) in [6.07, 6.45) is 3.31. The molecule has 5 heteroatoms. The van der Waals surface area contributed by atoms with Crippen molar-refractivity contribution in [2.24, 2.45) is 17.7 Å². The number of likely N-dealkylation sites (tertiary alicyclic amines) is 1. The van der Waals surface area contributed by atoms with Gasteiger partial charge < -0.3 is 10.3 Å². The van der Waals surface area contributed by atoms with Gasteiger partial charge in [0.15, 0.2) is 0 Å². The first-order valence-corrected chi connectivity index (χ1v) is 7.96. The van der Waals surface area contributed by atoms with Crippen molar-refractivity contribution in [2.45, 2.75) is 33.1 Å². The molecule has 0 aromatic heterocycles. The summed E-state index contributed by atoms with van der Waals surface area (Å²) >= 11 is 6.01. The van der Waals surface area contributed by atoms with Crippen LogP contribution in [0.5, 0.6) is 0 Å². The molecule has 0 spiro atoms. The SMILES string of the molecule is CC(C)C1CCCN(C(=O)c2cc(Cl)ccc2NN)CC1. The van der Waals surface area contributed by atoms with Crippen LogP contribution in [0, 0.1) is 11.8 Å². The summed E-state index contributed by atoms with van der Waals surface area (Å²) in [5, 5.41) is 0.548. The summed E-state index contributed by atoms with van der Waals surface area (Å²) in [5.41, 5.74) is 3.75. The minimum absolute atomic E-state index is 0.00913. The fourth-order valence-corrected chi connectivity index (χ4v) is 3.15. The van der Waals surface area contributed by atoms with Crippen LogP contribution in [0.1, 0.15) is 43.5 Å². The van der Waals surface area contributed by atoms with E-state index in [1.165, 1.54) is 6.42 Å². The number of benzene rings is 1. The molecule has 0 radical (unpaired) electrons. The molecule has 116 valence electrons. The number of halogens is 1. The molecule has 1 atom stereocenters. The first kappa shape index (κ1) is 16.1. The van der Waals surface area contributed by atoms with Gasteiger partial charge in [0.05, 0.1) is 11.3 Å². The third kappa shape index (κ3) is 3.89. The highest BCUT2D eigenvalue weighted by Crippen LogP contribution is 2.27. The molecule has 2 rings (SSSR count). The Morgan fingerprint density at radius 3 is 2.81 bits per heavy atom. The second-order valence-corrected chi connectivity index (χ2v) is 6.50. The fraction of sp³-hybridized carbons (Fsp3) is 0.562. The zero-order chi connectivity index (χ0) is 15.4. The maximum atomic E-state index is 12.7. The van der Waals surface area contributed by atoms with E-state index in [2.05, 4.69) is 19.3 Å². The van der Waals surface area contributed by atoms with Crippen LogP contribution >= 0.6 is 11.6 Å². The van der Waals surface area contributed by atoms with Crippen LogP contribution in [0.25, 0.3) is 0 Å². The fourth-order valence-electron chi connectivity index (χ4n) is 2.98. The van der Waals surface area contributed by atoms with Crippen LogP contribution in [-0.4, -0.2) is 23.9 Å². The molecular weight excluding hydrogens is 286 g/mol. The van der Waals surface area contributed by atoms with Gasteiger partial charge >= 0.3 is 0 Å². The lowest BCUT2D eigenvalue weighted by Crippen LogP contribution is -2.33. The molecule has 1 amide bonds. The van der Waals surface area contributed by atoms with Crippen molar-refractivity contribution in [3.05, 3.63) is 28.8 Å². The summed E-state index contributed by atoms with van der Waals surface area (Å²) < 4.78 is 0. The Kier molecular flexibility index (Phi) is 5.48. The molecule has 3 N–H and O–H groups in total. The van der Waals surface area contributed by atoms with Crippen molar-refractivity contribution in [1.29, 1.82) is 0 Å². The van der Waals surface area contributed by atoms with Crippen molar-refractivity contribution < 1.29 is 4.79 Å². The number of carbonyl (C=O) groups excluding carboxylic acids is 1. The molecule has 1 heterocycles. The van der Waals surface area contributed by atoms with Gasteiger partial charge in [-0.1, -0.05) is 25.4 Å². The lowest BCUT2D eigenvalue weighted by molar-refractivity contribution is 0.0759. The molecule has 0 aliphatic carbocycles. The second kappa shape index (κ2) is 7.14. The molecule has 0 saturated carbocycles. The van der Waals surface area contributed by atoms with E-state index in [1.54, 1.807) is 18.2 Å². The molecule has 1 fully saturated rings. The average Bonchev–Trinajstić information content (AvgIpc) is 2.72. The number of carbonyl (C=O) groups is 1. The number of hydrogen-bond donors (Lipinski definition) is 2. The van der Waals surface area contributed by atoms with E-state index >= 15 is 0 Å². The van der Waals surface area contributed by atoms with Crippen LogP contribution in [0.2, 0.25) is 5.02 Å². The lowest BCUT2D eigenvalue weighted by Gasteiger charge is -2.23.